The largest absolute Gasteiger partial charge is 0.416 e. The second-order valence-electron chi connectivity index (χ2n) is 4.68. The van der Waals surface area contributed by atoms with Crippen molar-refractivity contribution in [1.82, 2.24) is 5.01 Å². The molecule has 0 radical (unpaired) electrons. The fourth-order valence-corrected chi connectivity index (χ4v) is 2.35. The highest BCUT2D eigenvalue weighted by Crippen LogP contribution is 2.31. The highest BCUT2D eigenvalue weighted by atomic mass is 35.5. The molecule has 0 aromatic heterocycles. The van der Waals surface area contributed by atoms with Gasteiger partial charge in [-0.15, -0.1) is 0 Å². The van der Waals surface area contributed by atoms with Gasteiger partial charge in [0, 0.05) is 28.7 Å². The van der Waals surface area contributed by atoms with Crippen LogP contribution in [-0.2, 0) is 4.74 Å². The fraction of sp³-hybridized carbons (Fsp3) is 0.357. The third kappa shape index (κ3) is 6.27. The summed E-state index contributed by atoms with van der Waals surface area (Å²) in [6, 6.07) is 4.37. The van der Waals surface area contributed by atoms with E-state index < -0.39 is 25.1 Å². The zero-order valence-corrected chi connectivity index (χ0v) is 13.8. The molecule has 0 heterocycles. The molecule has 0 spiro atoms. The maximum atomic E-state index is 13.0. The molecule has 0 aliphatic carbocycles. The van der Waals surface area contributed by atoms with Gasteiger partial charge in [-0.2, -0.15) is 8.78 Å². The van der Waals surface area contributed by atoms with Crippen LogP contribution in [0.1, 0.15) is 11.5 Å². The molecule has 2 N–H and O–H groups in total. The summed E-state index contributed by atoms with van der Waals surface area (Å²) in [4.78, 5) is 3.67. The van der Waals surface area contributed by atoms with Crippen LogP contribution in [0.5, 0.6) is 0 Å². The van der Waals surface area contributed by atoms with E-state index >= 15 is 0 Å². The molecule has 1 aromatic carbocycles. The van der Waals surface area contributed by atoms with Crippen molar-refractivity contribution in [2.24, 2.45) is 10.8 Å². The third-order valence-electron chi connectivity index (χ3n) is 2.88. The first-order valence-electron chi connectivity index (χ1n) is 6.57. The van der Waals surface area contributed by atoms with E-state index in [0.717, 1.165) is 5.01 Å². The Labute approximate surface area is 146 Å². The van der Waals surface area contributed by atoms with Crippen molar-refractivity contribution >= 4 is 29.5 Å². The molecule has 0 amide bonds. The lowest BCUT2D eigenvalue weighted by Gasteiger charge is -2.25. The van der Waals surface area contributed by atoms with E-state index in [1.807, 2.05) is 0 Å². The minimum atomic E-state index is -4.58. The van der Waals surface area contributed by atoms with Gasteiger partial charge < -0.3 is 9.75 Å². The predicted octanol–water partition coefficient (Wildman–Crippen LogP) is 4.30. The molecule has 0 aliphatic rings. The van der Waals surface area contributed by atoms with Crippen molar-refractivity contribution in [2.45, 2.75) is 18.5 Å². The Hall–Kier alpha value is -1.35. The van der Waals surface area contributed by atoms with Crippen LogP contribution in [0.25, 0.3) is 0 Å². The van der Waals surface area contributed by atoms with Gasteiger partial charge in [-0.3, -0.25) is 0 Å². The lowest BCUT2D eigenvalue weighted by Crippen LogP contribution is -2.38. The summed E-state index contributed by atoms with van der Waals surface area (Å²) in [6.45, 7) is 2.55. The van der Waals surface area contributed by atoms with Crippen molar-refractivity contribution in [3.05, 3.63) is 46.6 Å². The highest BCUT2D eigenvalue weighted by molar-refractivity contribution is 6.35. The standard InChI is InChI=1S/C14H15Cl2F4N3O/c1-2-22-8-23(21)6-9(7-24-14(19,20)13(17)18)11-4-3-10(15)5-12(11)16/h2-5,8-9,13H,1,6-7,21H2. The lowest BCUT2D eigenvalue weighted by atomic mass is 9.99. The Kier molecular flexibility index (Phi) is 7.95. The summed E-state index contributed by atoms with van der Waals surface area (Å²) < 4.78 is 54.6. The molecule has 1 atom stereocenters. The van der Waals surface area contributed by atoms with Crippen LogP contribution in [0.4, 0.5) is 17.6 Å². The molecule has 1 rings (SSSR count). The van der Waals surface area contributed by atoms with E-state index in [1.165, 1.54) is 30.7 Å². The van der Waals surface area contributed by atoms with Crippen LogP contribution in [0.15, 0.2) is 36.0 Å². The van der Waals surface area contributed by atoms with E-state index in [2.05, 4.69) is 16.3 Å². The SMILES string of the molecule is C=CN=CN(N)CC(COC(F)(F)C(F)F)c1ccc(Cl)cc1Cl. The number of nitrogens with two attached hydrogens (primary N) is 1. The summed E-state index contributed by atoms with van der Waals surface area (Å²) in [5, 5.41) is 1.57. The zero-order valence-electron chi connectivity index (χ0n) is 12.3. The number of halogens is 6. The zero-order chi connectivity index (χ0) is 18.3. The van der Waals surface area contributed by atoms with Crippen molar-refractivity contribution in [3.8, 4) is 0 Å². The maximum Gasteiger partial charge on any atom is 0.416 e. The summed E-state index contributed by atoms with van der Waals surface area (Å²) in [6.07, 6.45) is -6.12. The van der Waals surface area contributed by atoms with Gasteiger partial charge in [-0.1, -0.05) is 35.8 Å². The Balaban J connectivity index is 2.98. The van der Waals surface area contributed by atoms with Crippen LogP contribution in [0, 0.1) is 0 Å². The van der Waals surface area contributed by atoms with Gasteiger partial charge in [0.2, 0.25) is 0 Å². The monoisotopic (exact) mass is 387 g/mol. The molecule has 134 valence electrons. The molecule has 0 saturated heterocycles. The van der Waals surface area contributed by atoms with E-state index in [4.69, 9.17) is 29.0 Å². The number of aliphatic imine (C=N–C) groups is 1. The van der Waals surface area contributed by atoms with Crippen LogP contribution >= 0.6 is 23.2 Å². The number of hydrazine groups is 1. The number of alkyl halides is 4. The van der Waals surface area contributed by atoms with E-state index in [1.54, 1.807) is 0 Å². The van der Waals surface area contributed by atoms with Gasteiger partial charge >= 0.3 is 12.5 Å². The van der Waals surface area contributed by atoms with Gasteiger partial charge in [0.05, 0.1) is 6.61 Å². The summed E-state index contributed by atoms with van der Waals surface area (Å²) in [5.41, 5.74) is 0.369. The van der Waals surface area contributed by atoms with Gasteiger partial charge in [0.25, 0.3) is 0 Å². The molecule has 0 saturated carbocycles. The number of rotatable bonds is 9. The quantitative estimate of drug-likeness (QED) is 0.226. The summed E-state index contributed by atoms with van der Waals surface area (Å²) in [5.74, 6) is 4.82. The second-order valence-corrected chi connectivity index (χ2v) is 5.52. The first kappa shape index (κ1) is 20.7. The van der Waals surface area contributed by atoms with Crippen molar-refractivity contribution < 1.29 is 22.3 Å². The molecule has 4 nitrogen and oxygen atoms in total. The molecule has 1 aromatic rings. The molecule has 1 unspecified atom stereocenters. The minimum absolute atomic E-state index is 0.0714. The Morgan fingerprint density at radius 3 is 2.58 bits per heavy atom. The summed E-state index contributed by atoms with van der Waals surface area (Å²) >= 11 is 11.8. The Bertz CT molecular complexity index is 587. The van der Waals surface area contributed by atoms with Crippen molar-refractivity contribution in [3.63, 3.8) is 0 Å². The number of hydrogen-bond donors (Lipinski definition) is 1. The molecular formula is C14H15Cl2F4N3O. The van der Waals surface area contributed by atoms with E-state index in [0.29, 0.717) is 10.6 Å². The van der Waals surface area contributed by atoms with Gasteiger partial charge in [-0.25, -0.2) is 19.6 Å². The smallest absolute Gasteiger partial charge is 0.315 e. The molecule has 0 aliphatic heterocycles. The van der Waals surface area contributed by atoms with Crippen molar-refractivity contribution in [2.75, 3.05) is 13.2 Å². The third-order valence-corrected chi connectivity index (χ3v) is 3.45. The molecule has 0 fully saturated rings. The predicted molar refractivity (Wildman–Crippen MR) is 85.7 cm³/mol. The van der Waals surface area contributed by atoms with Crippen LogP contribution < -0.4 is 5.84 Å². The normalized spacial score (nSPS) is 13.5. The average Bonchev–Trinajstić information content (AvgIpc) is 2.49. The van der Waals surface area contributed by atoms with Crippen LogP contribution in [0.2, 0.25) is 10.0 Å². The molecular weight excluding hydrogens is 373 g/mol. The number of ether oxygens (including phenoxy) is 1. The lowest BCUT2D eigenvalue weighted by molar-refractivity contribution is -0.302. The first-order valence-corrected chi connectivity index (χ1v) is 7.33. The number of hydrogen-bond acceptors (Lipinski definition) is 3. The van der Waals surface area contributed by atoms with Crippen LogP contribution in [-0.4, -0.2) is 37.0 Å². The molecule has 10 heteroatoms. The van der Waals surface area contributed by atoms with Gasteiger partial charge in [0.1, 0.15) is 6.34 Å². The summed E-state index contributed by atoms with van der Waals surface area (Å²) in [7, 11) is 0. The topological polar surface area (TPSA) is 50.8 Å². The van der Waals surface area contributed by atoms with Gasteiger partial charge in [-0.05, 0) is 17.7 Å². The fourth-order valence-electron chi connectivity index (χ4n) is 1.78. The minimum Gasteiger partial charge on any atom is -0.315 e. The maximum absolute atomic E-state index is 13.0. The average molecular weight is 388 g/mol. The molecule has 0 bridgehead atoms. The van der Waals surface area contributed by atoms with Gasteiger partial charge in [0.15, 0.2) is 0 Å². The van der Waals surface area contributed by atoms with Crippen LogP contribution in [0.3, 0.4) is 0 Å². The Morgan fingerprint density at radius 2 is 2.04 bits per heavy atom. The Morgan fingerprint density at radius 1 is 1.38 bits per heavy atom. The van der Waals surface area contributed by atoms with E-state index in [-0.39, 0.29) is 11.6 Å². The molecule has 24 heavy (non-hydrogen) atoms. The number of benzene rings is 1. The first-order chi connectivity index (χ1) is 11.2. The van der Waals surface area contributed by atoms with E-state index in [9.17, 15) is 17.6 Å². The number of nitrogens with zero attached hydrogens (tertiary/aromatic N) is 2. The second kappa shape index (κ2) is 9.22. The highest BCUT2D eigenvalue weighted by Gasteiger charge is 2.43. The van der Waals surface area contributed by atoms with Crippen molar-refractivity contribution in [1.29, 1.82) is 0 Å².